The molecular weight excluding hydrogens is 414 g/mol. The fourth-order valence-electron chi connectivity index (χ4n) is 3.41. The van der Waals surface area contributed by atoms with Gasteiger partial charge in [0.05, 0.1) is 18.4 Å². The highest BCUT2D eigenvalue weighted by Crippen LogP contribution is 2.22. The van der Waals surface area contributed by atoms with Crippen LogP contribution in [0.15, 0.2) is 73.2 Å². The van der Waals surface area contributed by atoms with E-state index in [1.165, 1.54) is 23.4 Å². The van der Waals surface area contributed by atoms with Gasteiger partial charge in [-0.3, -0.25) is 14.5 Å². The van der Waals surface area contributed by atoms with Crippen LogP contribution >= 0.6 is 0 Å². The fraction of sp³-hybridized carbons (Fsp3) is 0.154. The van der Waals surface area contributed by atoms with Gasteiger partial charge in [-0.1, -0.05) is 35.9 Å². The number of anilines is 1. The van der Waals surface area contributed by atoms with Crippen LogP contribution in [0.5, 0.6) is 11.6 Å². The summed E-state index contributed by atoms with van der Waals surface area (Å²) in [4.78, 5) is 20.6. The summed E-state index contributed by atoms with van der Waals surface area (Å²) in [5.74, 6) is 0.701. The molecule has 7 nitrogen and oxygen atoms in total. The van der Waals surface area contributed by atoms with Crippen molar-refractivity contribution in [1.29, 1.82) is 0 Å². The molecule has 0 aliphatic rings. The molecule has 0 spiro atoms. The van der Waals surface area contributed by atoms with E-state index in [4.69, 9.17) is 4.74 Å². The fourth-order valence-corrected chi connectivity index (χ4v) is 3.41. The lowest BCUT2D eigenvalue weighted by Gasteiger charge is -2.07. The Labute approximate surface area is 192 Å². The van der Waals surface area contributed by atoms with Gasteiger partial charge in [-0.15, -0.1) is 0 Å². The summed E-state index contributed by atoms with van der Waals surface area (Å²) >= 11 is 0. The third-order valence-corrected chi connectivity index (χ3v) is 5.16. The molecule has 33 heavy (non-hydrogen) atoms. The van der Waals surface area contributed by atoms with Gasteiger partial charge < -0.3 is 10.1 Å². The third-order valence-electron chi connectivity index (χ3n) is 5.16. The Hall–Kier alpha value is -4.26. The normalized spacial score (nSPS) is 11.0. The van der Waals surface area contributed by atoms with Crippen molar-refractivity contribution in [3.8, 4) is 11.6 Å². The van der Waals surface area contributed by atoms with Crippen molar-refractivity contribution in [3.05, 3.63) is 101 Å². The number of nitrogens with zero attached hydrogens (tertiary/aromatic N) is 4. The number of benzene rings is 2. The highest BCUT2D eigenvalue weighted by molar-refractivity contribution is 6.02. The zero-order valence-corrected chi connectivity index (χ0v) is 18.8. The van der Waals surface area contributed by atoms with E-state index in [1.54, 1.807) is 42.7 Å². The molecule has 0 atom stereocenters. The maximum atomic E-state index is 12.5. The van der Waals surface area contributed by atoms with Crippen molar-refractivity contribution in [2.45, 2.75) is 27.3 Å². The van der Waals surface area contributed by atoms with Crippen LogP contribution in [-0.2, 0) is 11.3 Å². The molecule has 0 radical (unpaired) electrons. The van der Waals surface area contributed by atoms with E-state index in [2.05, 4.69) is 51.6 Å². The van der Waals surface area contributed by atoms with Gasteiger partial charge in [0.2, 0.25) is 11.8 Å². The van der Waals surface area contributed by atoms with Crippen molar-refractivity contribution in [2.24, 2.45) is 0 Å². The molecule has 2 aromatic heterocycles. The molecule has 1 amide bonds. The second-order valence-electron chi connectivity index (χ2n) is 7.72. The summed E-state index contributed by atoms with van der Waals surface area (Å²) in [6.45, 7) is 6.72. The molecule has 2 aromatic carbocycles. The van der Waals surface area contributed by atoms with Crippen LogP contribution in [0.3, 0.4) is 0 Å². The Morgan fingerprint density at radius 2 is 1.91 bits per heavy atom. The number of aryl methyl sites for hydroxylation is 2. The average Bonchev–Trinajstić information content (AvgIpc) is 3.07. The lowest BCUT2D eigenvalue weighted by molar-refractivity contribution is -0.111. The molecule has 4 aromatic rings. The number of nitrogens with one attached hydrogen (secondary N) is 1. The minimum atomic E-state index is -0.239. The quantitative estimate of drug-likeness (QED) is 0.406. The van der Waals surface area contributed by atoms with E-state index < -0.39 is 0 Å². The Bertz CT molecular complexity index is 1280. The summed E-state index contributed by atoms with van der Waals surface area (Å²) < 4.78 is 7.63. The number of carbonyl (C=O) groups excluding carboxylic acids is 1. The number of hydrogen-bond acceptors (Lipinski definition) is 5. The van der Waals surface area contributed by atoms with Crippen molar-refractivity contribution in [3.63, 3.8) is 0 Å². The summed E-state index contributed by atoms with van der Waals surface area (Å²) in [6.07, 6.45) is 7.98. The minimum Gasteiger partial charge on any atom is -0.437 e. The number of hydrogen-bond donors (Lipinski definition) is 1. The summed E-state index contributed by atoms with van der Waals surface area (Å²) in [6, 6.07) is 15.5. The first-order valence-electron chi connectivity index (χ1n) is 10.6. The minimum absolute atomic E-state index is 0.239. The Kier molecular flexibility index (Phi) is 6.59. The lowest BCUT2D eigenvalue weighted by atomic mass is 10.1. The van der Waals surface area contributed by atoms with Crippen molar-refractivity contribution < 1.29 is 9.53 Å². The molecule has 0 aliphatic carbocycles. The topological polar surface area (TPSA) is 81.9 Å². The van der Waals surface area contributed by atoms with Crippen LogP contribution in [-0.4, -0.2) is 25.7 Å². The van der Waals surface area contributed by atoms with Gasteiger partial charge in [-0.25, -0.2) is 4.98 Å². The van der Waals surface area contributed by atoms with Crippen LogP contribution in [0.1, 0.15) is 28.1 Å². The molecule has 0 bridgehead atoms. The van der Waals surface area contributed by atoms with Crippen LogP contribution in [0.4, 0.5) is 5.69 Å². The van der Waals surface area contributed by atoms with Gasteiger partial charge in [0, 0.05) is 41.5 Å². The molecule has 2 heterocycles. The van der Waals surface area contributed by atoms with Crippen LogP contribution in [0.2, 0.25) is 0 Å². The first-order chi connectivity index (χ1) is 16.0. The Morgan fingerprint density at radius 3 is 2.67 bits per heavy atom. The average molecular weight is 440 g/mol. The van der Waals surface area contributed by atoms with Gasteiger partial charge in [-0.05, 0) is 44.5 Å². The molecule has 0 fully saturated rings. The van der Waals surface area contributed by atoms with Gasteiger partial charge in [0.15, 0.2) is 0 Å². The summed E-state index contributed by atoms with van der Waals surface area (Å²) in [7, 11) is 0. The maximum absolute atomic E-state index is 12.5. The second kappa shape index (κ2) is 9.91. The second-order valence-corrected chi connectivity index (χ2v) is 7.72. The van der Waals surface area contributed by atoms with E-state index in [-0.39, 0.29) is 5.91 Å². The van der Waals surface area contributed by atoms with E-state index >= 15 is 0 Å². The number of aromatic nitrogens is 4. The number of ether oxygens (including phenoxy) is 1. The summed E-state index contributed by atoms with van der Waals surface area (Å²) in [5, 5.41) is 7.51. The van der Waals surface area contributed by atoms with Crippen LogP contribution in [0, 0.1) is 20.8 Å². The molecule has 7 heteroatoms. The summed E-state index contributed by atoms with van der Waals surface area (Å²) in [5.41, 5.74) is 5.86. The molecule has 166 valence electrons. The molecular formula is C26H25N5O2. The molecule has 0 saturated heterocycles. The monoisotopic (exact) mass is 439 g/mol. The third kappa shape index (κ3) is 5.71. The first kappa shape index (κ1) is 22.0. The molecule has 0 saturated carbocycles. The van der Waals surface area contributed by atoms with E-state index in [1.807, 2.05) is 18.5 Å². The predicted molar refractivity (Wildman–Crippen MR) is 128 cm³/mol. The molecule has 1 N–H and O–H groups in total. The van der Waals surface area contributed by atoms with Crippen LogP contribution < -0.4 is 10.1 Å². The standard InChI is InChI=1S/C26H25N5O2/c1-18-7-9-21(10-8-18)17-31-20(3)24(19(2)30-31)11-12-25(32)29-22-5-4-6-23(15-22)33-26-16-27-13-14-28-26/h4-16H,17H2,1-3H3,(H,29,32)/b12-11+. The SMILES string of the molecule is Cc1ccc(Cn2nc(C)c(/C=C/C(=O)Nc3cccc(Oc4cnccn4)c3)c2C)cc1. The van der Waals surface area contributed by atoms with Gasteiger partial charge in [0.1, 0.15) is 5.75 Å². The first-order valence-corrected chi connectivity index (χ1v) is 10.6. The van der Waals surface area contributed by atoms with Gasteiger partial charge in [-0.2, -0.15) is 5.10 Å². The predicted octanol–water partition coefficient (Wildman–Crippen LogP) is 5.09. The Morgan fingerprint density at radius 1 is 1.09 bits per heavy atom. The number of rotatable bonds is 7. The highest BCUT2D eigenvalue weighted by Gasteiger charge is 2.10. The number of amides is 1. The highest BCUT2D eigenvalue weighted by atomic mass is 16.5. The zero-order valence-electron chi connectivity index (χ0n) is 18.8. The zero-order chi connectivity index (χ0) is 23.2. The van der Waals surface area contributed by atoms with E-state index in [0.29, 0.717) is 23.9 Å². The van der Waals surface area contributed by atoms with Crippen LogP contribution in [0.25, 0.3) is 6.08 Å². The van der Waals surface area contributed by atoms with Crippen molar-refractivity contribution in [1.82, 2.24) is 19.7 Å². The van der Waals surface area contributed by atoms with Gasteiger partial charge in [0.25, 0.3) is 0 Å². The maximum Gasteiger partial charge on any atom is 0.248 e. The van der Waals surface area contributed by atoms with Crippen molar-refractivity contribution >= 4 is 17.7 Å². The van der Waals surface area contributed by atoms with E-state index in [9.17, 15) is 4.79 Å². The Balaban J connectivity index is 1.42. The molecule has 0 unspecified atom stereocenters. The lowest BCUT2D eigenvalue weighted by Crippen LogP contribution is -2.07. The molecule has 4 rings (SSSR count). The number of carbonyl (C=O) groups is 1. The molecule has 0 aliphatic heterocycles. The van der Waals surface area contributed by atoms with Gasteiger partial charge >= 0.3 is 0 Å². The smallest absolute Gasteiger partial charge is 0.248 e. The largest absolute Gasteiger partial charge is 0.437 e. The van der Waals surface area contributed by atoms with Crippen molar-refractivity contribution in [2.75, 3.05) is 5.32 Å². The van der Waals surface area contributed by atoms with E-state index in [0.717, 1.165) is 17.0 Å².